The predicted molar refractivity (Wildman–Crippen MR) is 186 cm³/mol. The van der Waals surface area contributed by atoms with Crippen LogP contribution in [0.15, 0.2) is 48.8 Å². The molecule has 2 N–H and O–H groups in total. The van der Waals surface area contributed by atoms with Crippen LogP contribution in [-0.2, 0) is 22.7 Å². The predicted octanol–water partition coefficient (Wildman–Crippen LogP) is 4.46. The van der Waals surface area contributed by atoms with Gasteiger partial charge in [-0.3, -0.25) is 29.6 Å². The second-order valence-corrected chi connectivity index (χ2v) is 15.1. The van der Waals surface area contributed by atoms with E-state index in [1.165, 1.54) is 11.3 Å². The Labute approximate surface area is 287 Å². The Morgan fingerprint density at radius 3 is 2.31 bits per heavy atom. The average molecular weight is 663 g/mol. The standard InChI is InChI=1S/C38H46N8O3/c1-23(2)28-17-39-38(40-18-28)41-29-11-13-45(14-12-29)30-5-3-24(4-6-30)19-44-20-26-15-25(16-27(26)21-44)32-8-7-31-33(42-32)22-46(37(31)49)34-9-10-35(47)43-36(34)48/h3-8,17-18,23,25-27,29,34H,9-16,19-22H2,1-2H3,(H,39,40,41)(H,43,47,48)/t25?,26-,27+,34?. The fraction of sp³-hybridized carbons (Fsp3) is 0.526. The van der Waals surface area contributed by atoms with E-state index in [0.717, 1.165) is 81.3 Å². The number of carbonyl (C=O) groups excluding carboxylic acids is 3. The van der Waals surface area contributed by atoms with Gasteiger partial charge >= 0.3 is 0 Å². The van der Waals surface area contributed by atoms with Gasteiger partial charge in [-0.25, -0.2) is 9.97 Å². The van der Waals surface area contributed by atoms with Crippen LogP contribution >= 0.6 is 0 Å². The van der Waals surface area contributed by atoms with Gasteiger partial charge in [-0.2, -0.15) is 0 Å². The largest absolute Gasteiger partial charge is 0.371 e. The van der Waals surface area contributed by atoms with Crippen LogP contribution in [-0.4, -0.2) is 80.7 Å². The number of hydrogen-bond donors (Lipinski definition) is 2. The number of imide groups is 1. The lowest BCUT2D eigenvalue weighted by atomic mass is 9.99. The molecule has 3 amide bonds. The normalized spacial score (nSPS) is 26.0. The molecule has 11 heteroatoms. The van der Waals surface area contributed by atoms with Gasteiger partial charge in [-0.1, -0.05) is 26.0 Å². The number of rotatable bonds is 8. The minimum absolute atomic E-state index is 0.160. The number of piperidine rings is 2. The number of aromatic nitrogens is 3. The third kappa shape index (κ3) is 6.52. The summed E-state index contributed by atoms with van der Waals surface area (Å²) in [4.78, 5) is 57.8. The van der Waals surface area contributed by atoms with Crippen LogP contribution in [0.4, 0.5) is 11.6 Å². The van der Waals surface area contributed by atoms with Crippen LogP contribution in [0.3, 0.4) is 0 Å². The number of carbonyl (C=O) groups is 3. The number of benzene rings is 1. The monoisotopic (exact) mass is 662 g/mol. The van der Waals surface area contributed by atoms with Gasteiger partial charge in [0.25, 0.3) is 5.91 Å². The fourth-order valence-corrected chi connectivity index (χ4v) is 8.69. The number of likely N-dealkylation sites (tertiary alicyclic amines) is 1. The van der Waals surface area contributed by atoms with Crippen molar-refractivity contribution in [2.75, 3.05) is 36.4 Å². The third-order valence-electron chi connectivity index (χ3n) is 11.5. The molecule has 8 rings (SSSR count). The topological polar surface area (TPSA) is 124 Å². The molecule has 0 bridgehead atoms. The van der Waals surface area contributed by atoms with Gasteiger partial charge in [0, 0.05) is 74.9 Å². The Balaban J connectivity index is 0.802. The second-order valence-electron chi connectivity index (χ2n) is 15.1. The highest BCUT2D eigenvalue weighted by Crippen LogP contribution is 2.46. The fourth-order valence-electron chi connectivity index (χ4n) is 8.69. The molecule has 4 atom stereocenters. The Bertz CT molecular complexity index is 1710. The zero-order valence-electron chi connectivity index (χ0n) is 28.5. The van der Waals surface area contributed by atoms with Gasteiger partial charge in [-0.05, 0) is 85.3 Å². The summed E-state index contributed by atoms with van der Waals surface area (Å²) in [5.74, 6) is 2.07. The van der Waals surface area contributed by atoms with Crippen molar-refractivity contribution >= 4 is 29.4 Å². The first-order valence-electron chi connectivity index (χ1n) is 18.1. The molecule has 5 aliphatic rings. The molecule has 0 radical (unpaired) electrons. The molecule has 2 unspecified atom stereocenters. The number of fused-ring (bicyclic) bond motifs is 2. The Kier molecular flexibility index (Phi) is 8.55. The summed E-state index contributed by atoms with van der Waals surface area (Å²) in [5, 5.41) is 5.91. The Morgan fingerprint density at radius 2 is 1.63 bits per heavy atom. The first-order valence-corrected chi connectivity index (χ1v) is 18.1. The molecule has 0 spiro atoms. The van der Waals surface area contributed by atoms with Gasteiger partial charge in [0.2, 0.25) is 17.8 Å². The summed E-state index contributed by atoms with van der Waals surface area (Å²) in [5.41, 5.74) is 6.24. The van der Waals surface area contributed by atoms with Crippen LogP contribution in [0.5, 0.6) is 0 Å². The molecule has 2 aromatic heterocycles. The highest BCUT2D eigenvalue weighted by molar-refractivity contribution is 6.05. The SMILES string of the molecule is CC(C)c1cnc(NC2CCN(c3ccc(CN4C[C@H]5CC(c6ccc7c(n6)CN(C6CCC(=O)NC6=O)C7=O)C[C@H]5C4)cc3)CC2)nc1. The molecule has 256 valence electrons. The number of nitrogens with one attached hydrogen (secondary N) is 2. The van der Waals surface area contributed by atoms with E-state index in [9.17, 15) is 14.4 Å². The quantitative estimate of drug-likeness (QED) is 0.337. The van der Waals surface area contributed by atoms with Crippen LogP contribution in [0.1, 0.15) is 97.1 Å². The lowest BCUT2D eigenvalue weighted by molar-refractivity contribution is -0.136. The molecule has 1 aliphatic carbocycles. The zero-order chi connectivity index (χ0) is 33.6. The molecule has 4 aliphatic heterocycles. The summed E-state index contributed by atoms with van der Waals surface area (Å²) < 4.78 is 0. The number of amides is 3. The van der Waals surface area contributed by atoms with E-state index in [1.54, 1.807) is 4.90 Å². The molecule has 11 nitrogen and oxygen atoms in total. The van der Waals surface area contributed by atoms with Gasteiger partial charge in [0.05, 0.1) is 17.8 Å². The van der Waals surface area contributed by atoms with Crippen molar-refractivity contribution in [3.63, 3.8) is 0 Å². The molecular weight excluding hydrogens is 616 g/mol. The first-order chi connectivity index (χ1) is 23.8. The summed E-state index contributed by atoms with van der Waals surface area (Å²) in [6, 6.07) is 12.9. The maximum atomic E-state index is 13.1. The van der Waals surface area contributed by atoms with E-state index >= 15 is 0 Å². The van der Waals surface area contributed by atoms with Crippen LogP contribution in [0.25, 0.3) is 0 Å². The van der Waals surface area contributed by atoms with E-state index in [-0.39, 0.29) is 24.1 Å². The van der Waals surface area contributed by atoms with Crippen molar-refractivity contribution in [2.45, 2.75) is 89.4 Å². The van der Waals surface area contributed by atoms with Gasteiger partial charge in [0.1, 0.15) is 6.04 Å². The second kappa shape index (κ2) is 13.2. The maximum absolute atomic E-state index is 13.1. The summed E-state index contributed by atoms with van der Waals surface area (Å²) in [6.07, 6.45) is 8.86. The Morgan fingerprint density at radius 1 is 0.918 bits per heavy atom. The Hall–Kier alpha value is -4.38. The average Bonchev–Trinajstić information content (AvgIpc) is 3.77. The van der Waals surface area contributed by atoms with E-state index in [4.69, 9.17) is 4.98 Å². The van der Waals surface area contributed by atoms with Crippen LogP contribution in [0, 0.1) is 11.8 Å². The molecule has 1 saturated carbocycles. The van der Waals surface area contributed by atoms with Crippen molar-refractivity contribution < 1.29 is 14.4 Å². The smallest absolute Gasteiger partial charge is 0.256 e. The van der Waals surface area contributed by atoms with Gasteiger partial charge in [0.15, 0.2) is 0 Å². The molecule has 6 heterocycles. The van der Waals surface area contributed by atoms with Gasteiger partial charge in [-0.15, -0.1) is 0 Å². The highest BCUT2D eigenvalue weighted by atomic mass is 16.2. The molecule has 1 aromatic carbocycles. The van der Waals surface area contributed by atoms with Crippen LogP contribution in [0.2, 0.25) is 0 Å². The molecule has 3 saturated heterocycles. The van der Waals surface area contributed by atoms with E-state index in [0.29, 0.717) is 48.2 Å². The first kappa shape index (κ1) is 31.9. The van der Waals surface area contributed by atoms with Crippen molar-refractivity contribution in [1.82, 2.24) is 30.1 Å². The van der Waals surface area contributed by atoms with Crippen molar-refractivity contribution in [2.24, 2.45) is 11.8 Å². The number of pyridine rings is 1. The molecular formula is C38H46N8O3. The zero-order valence-corrected chi connectivity index (χ0v) is 28.5. The van der Waals surface area contributed by atoms with Crippen LogP contribution < -0.4 is 15.5 Å². The number of nitrogens with zero attached hydrogens (tertiary/aromatic N) is 6. The van der Waals surface area contributed by atoms with Crippen molar-refractivity contribution in [3.8, 4) is 0 Å². The lowest BCUT2D eigenvalue weighted by Gasteiger charge is -2.34. The van der Waals surface area contributed by atoms with Crippen molar-refractivity contribution in [1.29, 1.82) is 0 Å². The van der Waals surface area contributed by atoms with E-state index in [2.05, 4.69) is 68.5 Å². The van der Waals surface area contributed by atoms with E-state index < -0.39 is 6.04 Å². The molecule has 4 fully saturated rings. The minimum Gasteiger partial charge on any atom is -0.371 e. The summed E-state index contributed by atoms with van der Waals surface area (Å²) >= 11 is 0. The molecule has 3 aromatic rings. The minimum atomic E-state index is -0.606. The van der Waals surface area contributed by atoms with Gasteiger partial charge < -0.3 is 15.1 Å². The van der Waals surface area contributed by atoms with Crippen molar-refractivity contribution in [3.05, 3.63) is 76.9 Å². The number of hydrogen-bond acceptors (Lipinski definition) is 9. The maximum Gasteiger partial charge on any atom is 0.256 e. The summed E-state index contributed by atoms with van der Waals surface area (Å²) in [7, 11) is 0. The lowest BCUT2D eigenvalue weighted by Crippen LogP contribution is -2.52. The third-order valence-corrected chi connectivity index (χ3v) is 11.5. The summed E-state index contributed by atoms with van der Waals surface area (Å²) in [6.45, 7) is 9.89. The highest BCUT2D eigenvalue weighted by Gasteiger charge is 2.43. The number of anilines is 2. The van der Waals surface area contributed by atoms with E-state index in [1.807, 2.05) is 24.5 Å². The molecule has 49 heavy (non-hydrogen) atoms.